The number of benzene rings is 1. The molecule has 0 saturated carbocycles. The van der Waals surface area contributed by atoms with Crippen molar-refractivity contribution in [3.8, 4) is 0 Å². The number of hydrogen-bond donors (Lipinski definition) is 2. The molecule has 2 N–H and O–H groups in total. The highest BCUT2D eigenvalue weighted by atomic mass is 16.5. The fourth-order valence-corrected chi connectivity index (χ4v) is 3.62. The molecule has 1 atom stereocenters. The van der Waals surface area contributed by atoms with Gasteiger partial charge in [0.1, 0.15) is 18.0 Å². The van der Waals surface area contributed by atoms with Gasteiger partial charge in [-0.3, -0.25) is 0 Å². The maximum absolute atomic E-state index is 9.52. The number of morpholine rings is 1. The van der Waals surface area contributed by atoms with Gasteiger partial charge in [0.25, 0.3) is 0 Å². The summed E-state index contributed by atoms with van der Waals surface area (Å²) in [5.74, 6) is 1.63. The average molecular weight is 355 g/mol. The van der Waals surface area contributed by atoms with Gasteiger partial charge in [-0.2, -0.15) is 0 Å². The summed E-state index contributed by atoms with van der Waals surface area (Å²) < 4.78 is 5.41. The quantitative estimate of drug-likeness (QED) is 0.850. The molecule has 7 nitrogen and oxygen atoms in total. The molecule has 7 heteroatoms. The number of aromatic nitrogens is 2. The van der Waals surface area contributed by atoms with Crippen molar-refractivity contribution in [1.29, 1.82) is 0 Å². The molecular formula is C19H25N5O2. The molecule has 0 radical (unpaired) electrons. The van der Waals surface area contributed by atoms with Gasteiger partial charge in [0.2, 0.25) is 0 Å². The van der Waals surface area contributed by atoms with Crippen LogP contribution in [0.4, 0.5) is 23.0 Å². The lowest BCUT2D eigenvalue weighted by atomic mass is 10.2. The number of ether oxygens (including phenoxy) is 1. The molecule has 4 rings (SSSR count). The van der Waals surface area contributed by atoms with Gasteiger partial charge in [0.15, 0.2) is 0 Å². The van der Waals surface area contributed by atoms with Crippen molar-refractivity contribution in [1.82, 2.24) is 9.97 Å². The highest BCUT2D eigenvalue weighted by Crippen LogP contribution is 2.26. The predicted octanol–water partition coefficient (Wildman–Crippen LogP) is 2.02. The largest absolute Gasteiger partial charge is 0.394 e. The van der Waals surface area contributed by atoms with Gasteiger partial charge in [0, 0.05) is 37.1 Å². The van der Waals surface area contributed by atoms with Gasteiger partial charge in [0.05, 0.1) is 25.9 Å². The van der Waals surface area contributed by atoms with E-state index in [0.717, 1.165) is 63.0 Å². The molecule has 2 saturated heterocycles. The molecule has 2 fully saturated rings. The molecule has 138 valence electrons. The van der Waals surface area contributed by atoms with E-state index in [1.807, 2.05) is 6.07 Å². The molecule has 0 spiro atoms. The lowest BCUT2D eigenvalue weighted by Gasteiger charge is -2.29. The Labute approximate surface area is 153 Å². The van der Waals surface area contributed by atoms with Crippen molar-refractivity contribution < 1.29 is 9.84 Å². The van der Waals surface area contributed by atoms with Gasteiger partial charge < -0.3 is 25.0 Å². The van der Waals surface area contributed by atoms with Crippen LogP contribution in [0, 0.1) is 0 Å². The summed E-state index contributed by atoms with van der Waals surface area (Å²) in [4.78, 5) is 13.2. The van der Waals surface area contributed by atoms with Crippen LogP contribution in [-0.4, -0.2) is 60.6 Å². The summed E-state index contributed by atoms with van der Waals surface area (Å²) in [5.41, 5.74) is 2.21. The topological polar surface area (TPSA) is 73.8 Å². The summed E-state index contributed by atoms with van der Waals surface area (Å²) in [6.07, 6.45) is 3.67. The smallest absolute Gasteiger partial charge is 0.135 e. The van der Waals surface area contributed by atoms with Crippen LogP contribution < -0.4 is 15.1 Å². The van der Waals surface area contributed by atoms with Crippen LogP contribution in [0.5, 0.6) is 0 Å². The van der Waals surface area contributed by atoms with E-state index < -0.39 is 0 Å². The summed E-state index contributed by atoms with van der Waals surface area (Å²) >= 11 is 0. The zero-order valence-corrected chi connectivity index (χ0v) is 14.8. The molecule has 1 aromatic heterocycles. The first-order valence-corrected chi connectivity index (χ1v) is 9.23. The second-order valence-electron chi connectivity index (χ2n) is 6.70. The minimum Gasteiger partial charge on any atom is -0.394 e. The number of anilines is 4. The molecule has 1 unspecified atom stereocenters. The number of nitrogens with one attached hydrogen (secondary N) is 1. The lowest BCUT2D eigenvalue weighted by Crippen LogP contribution is -2.36. The highest BCUT2D eigenvalue weighted by molar-refractivity contribution is 5.62. The van der Waals surface area contributed by atoms with E-state index in [9.17, 15) is 5.11 Å². The van der Waals surface area contributed by atoms with Gasteiger partial charge in [-0.15, -0.1) is 0 Å². The van der Waals surface area contributed by atoms with Gasteiger partial charge in [-0.05, 0) is 37.1 Å². The summed E-state index contributed by atoms with van der Waals surface area (Å²) in [6, 6.07) is 10.5. The van der Waals surface area contributed by atoms with Gasteiger partial charge in [-0.25, -0.2) is 9.97 Å². The fourth-order valence-electron chi connectivity index (χ4n) is 3.62. The van der Waals surface area contributed by atoms with E-state index in [-0.39, 0.29) is 12.6 Å². The molecule has 0 amide bonds. The van der Waals surface area contributed by atoms with Crippen LogP contribution in [0.3, 0.4) is 0 Å². The Morgan fingerprint density at radius 3 is 2.69 bits per heavy atom. The highest BCUT2D eigenvalue weighted by Gasteiger charge is 2.25. The first-order valence-electron chi connectivity index (χ1n) is 9.23. The molecule has 0 aliphatic carbocycles. The Balaban J connectivity index is 1.44. The van der Waals surface area contributed by atoms with Crippen molar-refractivity contribution >= 4 is 23.0 Å². The van der Waals surface area contributed by atoms with E-state index in [2.05, 4.69) is 49.4 Å². The molecule has 3 heterocycles. The van der Waals surface area contributed by atoms with Crippen LogP contribution in [-0.2, 0) is 4.74 Å². The average Bonchev–Trinajstić information content (AvgIpc) is 3.18. The minimum atomic E-state index is 0.158. The summed E-state index contributed by atoms with van der Waals surface area (Å²) in [7, 11) is 0. The Hall–Kier alpha value is -2.38. The molecule has 1 aromatic carbocycles. The van der Waals surface area contributed by atoms with Crippen LogP contribution >= 0.6 is 0 Å². The van der Waals surface area contributed by atoms with E-state index in [1.54, 1.807) is 6.33 Å². The standard InChI is InChI=1S/C19H25N5O2/c25-13-17-2-1-7-24(17)19-12-18(20-14-21-19)22-15-3-5-16(6-4-15)23-8-10-26-11-9-23/h3-6,12,14,17,25H,1-2,7-11,13H2,(H,20,21,22). The Kier molecular flexibility index (Phi) is 5.17. The van der Waals surface area contributed by atoms with E-state index in [1.165, 1.54) is 5.69 Å². The van der Waals surface area contributed by atoms with Crippen LogP contribution in [0.25, 0.3) is 0 Å². The SMILES string of the molecule is OCC1CCCN1c1cc(Nc2ccc(N3CCOCC3)cc2)ncn1. The third kappa shape index (κ3) is 3.73. The third-order valence-corrected chi connectivity index (χ3v) is 5.05. The van der Waals surface area contributed by atoms with Crippen molar-refractivity contribution in [3.63, 3.8) is 0 Å². The van der Waals surface area contributed by atoms with Crippen LogP contribution in [0.15, 0.2) is 36.7 Å². The summed E-state index contributed by atoms with van der Waals surface area (Å²) in [5, 5.41) is 12.9. The number of aliphatic hydroxyl groups is 1. The van der Waals surface area contributed by atoms with E-state index >= 15 is 0 Å². The number of rotatable bonds is 5. The molecule has 0 bridgehead atoms. The zero-order chi connectivity index (χ0) is 17.8. The Morgan fingerprint density at radius 1 is 1.12 bits per heavy atom. The first kappa shape index (κ1) is 17.1. The Morgan fingerprint density at radius 2 is 1.92 bits per heavy atom. The lowest BCUT2D eigenvalue weighted by molar-refractivity contribution is 0.122. The maximum atomic E-state index is 9.52. The maximum Gasteiger partial charge on any atom is 0.135 e. The molecular weight excluding hydrogens is 330 g/mol. The number of nitrogens with zero attached hydrogens (tertiary/aromatic N) is 4. The van der Waals surface area contributed by atoms with Crippen molar-refractivity contribution in [2.75, 3.05) is 54.6 Å². The van der Waals surface area contributed by atoms with Crippen molar-refractivity contribution in [3.05, 3.63) is 36.7 Å². The van der Waals surface area contributed by atoms with Crippen LogP contribution in [0.2, 0.25) is 0 Å². The van der Waals surface area contributed by atoms with E-state index in [4.69, 9.17) is 4.74 Å². The molecule has 26 heavy (non-hydrogen) atoms. The number of hydrogen-bond acceptors (Lipinski definition) is 7. The van der Waals surface area contributed by atoms with Crippen LogP contribution in [0.1, 0.15) is 12.8 Å². The fraction of sp³-hybridized carbons (Fsp3) is 0.474. The zero-order valence-electron chi connectivity index (χ0n) is 14.8. The van der Waals surface area contributed by atoms with Gasteiger partial charge in [-0.1, -0.05) is 0 Å². The second kappa shape index (κ2) is 7.88. The normalized spacial score (nSPS) is 20.4. The molecule has 2 aliphatic heterocycles. The van der Waals surface area contributed by atoms with Crippen molar-refractivity contribution in [2.24, 2.45) is 0 Å². The second-order valence-corrected chi connectivity index (χ2v) is 6.70. The third-order valence-electron chi connectivity index (χ3n) is 5.05. The minimum absolute atomic E-state index is 0.158. The molecule has 2 aliphatic rings. The van der Waals surface area contributed by atoms with Gasteiger partial charge >= 0.3 is 0 Å². The van der Waals surface area contributed by atoms with E-state index in [0.29, 0.717) is 0 Å². The van der Waals surface area contributed by atoms with Crippen molar-refractivity contribution in [2.45, 2.75) is 18.9 Å². The predicted molar refractivity (Wildman–Crippen MR) is 102 cm³/mol. The first-order chi connectivity index (χ1) is 12.8. The summed E-state index contributed by atoms with van der Waals surface area (Å²) in [6.45, 7) is 4.53. The Bertz CT molecular complexity index is 718. The molecule has 2 aromatic rings. The monoisotopic (exact) mass is 355 g/mol. The number of aliphatic hydroxyl groups excluding tert-OH is 1.